The van der Waals surface area contributed by atoms with Crippen LogP contribution >= 0.6 is 27.2 Å². The molecule has 3 rings (SSSR count). The van der Waals surface area contributed by atoms with E-state index in [0.717, 1.165) is 22.0 Å². The van der Waals surface area contributed by atoms with Crippen LogP contribution in [0, 0.1) is 0 Å². The molecule has 0 amide bonds. The summed E-state index contributed by atoms with van der Waals surface area (Å²) in [6.07, 6.45) is 1.86. The van der Waals surface area contributed by atoms with Crippen LogP contribution in [0.1, 0.15) is 5.56 Å². The molecule has 3 aromatic rings. The third kappa shape index (κ3) is 5.94. The molecular formula is C20H18Cl2NOPTi. The number of phenolic OH excluding ortho intramolecular Hbond substituents is 1. The van der Waals surface area contributed by atoms with E-state index in [-0.39, 0.29) is 0 Å². The molecule has 0 fully saturated rings. The quantitative estimate of drug-likeness (QED) is 0.343. The van der Waals surface area contributed by atoms with Gasteiger partial charge in [-0.15, -0.1) is 0 Å². The van der Waals surface area contributed by atoms with E-state index >= 15 is 0 Å². The standard InChI is InChI=1S/C20H18NOP.2ClH.Ti/c1-21-14-16-10-5-6-12-18(16)23-19-13-7-11-17(20(19)22)15-8-3-2-4-9-15;;;/h2-14,22-23H,1H3;2*1H;/q;;;+2/p-2. The predicted octanol–water partition coefficient (Wildman–Crippen LogP) is 5.11. The second-order valence-corrected chi connectivity index (χ2v) is 9.15. The molecule has 0 saturated carbocycles. The number of rotatable bonds is 4. The van der Waals surface area contributed by atoms with Gasteiger partial charge in [0.1, 0.15) is 5.75 Å². The molecule has 132 valence electrons. The minimum atomic E-state index is -0.556. The first-order valence-electron chi connectivity index (χ1n) is 7.83. The van der Waals surface area contributed by atoms with Crippen LogP contribution in [0.25, 0.3) is 11.1 Å². The van der Waals surface area contributed by atoms with E-state index in [1.54, 1.807) is 7.05 Å². The summed E-state index contributed by atoms with van der Waals surface area (Å²) in [6, 6.07) is 24.1. The van der Waals surface area contributed by atoms with Gasteiger partial charge in [-0.2, -0.15) is 0 Å². The summed E-state index contributed by atoms with van der Waals surface area (Å²) < 4.78 is 0. The maximum absolute atomic E-state index is 10.7. The Morgan fingerprint density at radius 1 is 0.885 bits per heavy atom. The third-order valence-corrected chi connectivity index (χ3v) is 5.02. The van der Waals surface area contributed by atoms with Crippen molar-refractivity contribution in [3.8, 4) is 16.9 Å². The first kappa shape index (κ1) is 21.2. The van der Waals surface area contributed by atoms with Crippen molar-refractivity contribution in [3.63, 3.8) is 0 Å². The first-order chi connectivity index (χ1) is 12.7. The molecule has 0 bridgehead atoms. The van der Waals surface area contributed by atoms with Gasteiger partial charge in [0.15, 0.2) is 0 Å². The first-order valence-corrected chi connectivity index (χ1v) is 13.1. The summed E-state index contributed by atoms with van der Waals surface area (Å²) in [4.78, 5) is 4.11. The molecule has 3 aromatic carbocycles. The average Bonchev–Trinajstić information content (AvgIpc) is 2.66. The Morgan fingerprint density at radius 3 is 2.19 bits per heavy atom. The van der Waals surface area contributed by atoms with Crippen LogP contribution in [-0.2, 0) is 17.0 Å². The zero-order valence-corrected chi connectivity index (χ0v) is 18.2. The monoisotopic (exact) mass is 437 g/mol. The summed E-state index contributed by atoms with van der Waals surface area (Å²) in [5.74, 6) is 0.361. The number of aromatic hydroxyl groups is 1. The van der Waals surface area contributed by atoms with Crippen LogP contribution in [-0.4, -0.2) is 18.4 Å². The van der Waals surface area contributed by atoms with Gasteiger partial charge in [0, 0.05) is 24.1 Å². The third-order valence-electron chi connectivity index (χ3n) is 3.62. The predicted molar refractivity (Wildman–Crippen MR) is 113 cm³/mol. The van der Waals surface area contributed by atoms with Crippen molar-refractivity contribution in [2.75, 3.05) is 7.05 Å². The van der Waals surface area contributed by atoms with Gasteiger partial charge in [-0.3, -0.25) is 4.99 Å². The Hall–Kier alpha value is -1.15. The molecule has 1 unspecified atom stereocenters. The maximum atomic E-state index is 10.7. The van der Waals surface area contributed by atoms with E-state index in [1.807, 2.05) is 72.9 Å². The molecule has 0 aliphatic heterocycles. The van der Waals surface area contributed by atoms with E-state index in [1.165, 1.54) is 5.30 Å². The average molecular weight is 438 g/mol. The van der Waals surface area contributed by atoms with E-state index in [2.05, 4.69) is 11.1 Å². The number of nitrogens with zero attached hydrogens (tertiary/aromatic N) is 1. The van der Waals surface area contributed by atoms with Crippen LogP contribution in [0.3, 0.4) is 0 Å². The summed E-state index contributed by atoms with van der Waals surface area (Å²) in [5, 5.41) is 12.8. The van der Waals surface area contributed by atoms with Crippen LogP contribution in [0.4, 0.5) is 0 Å². The van der Waals surface area contributed by atoms with Crippen molar-refractivity contribution >= 4 is 44.0 Å². The number of hydrogen-bond acceptors (Lipinski definition) is 2. The summed E-state index contributed by atoms with van der Waals surface area (Å²) in [6.45, 7) is 0. The molecular weight excluding hydrogens is 420 g/mol. The Balaban J connectivity index is 0.000000758. The molecule has 0 aliphatic rings. The van der Waals surface area contributed by atoms with Gasteiger partial charge in [-0.25, -0.2) is 0 Å². The number of phenols is 1. The van der Waals surface area contributed by atoms with E-state index in [9.17, 15) is 5.11 Å². The van der Waals surface area contributed by atoms with Gasteiger partial charge < -0.3 is 5.11 Å². The number of hydrogen-bond donors (Lipinski definition) is 1. The summed E-state index contributed by atoms with van der Waals surface area (Å²) in [7, 11) is 11.9. The summed E-state index contributed by atoms with van der Waals surface area (Å²) in [5.41, 5.74) is 3.00. The number of aliphatic imine (C=N–C) groups is 1. The van der Waals surface area contributed by atoms with Gasteiger partial charge >= 0.3 is 35.6 Å². The van der Waals surface area contributed by atoms with E-state index in [4.69, 9.17) is 18.6 Å². The van der Waals surface area contributed by atoms with Crippen molar-refractivity contribution < 1.29 is 22.1 Å². The molecule has 0 saturated heterocycles. The van der Waals surface area contributed by atoms with Crippen molar-refractivity contribution in [2.45, 2.75) is 0 Å². The SMILES string of the molecule is CN=Cc1ccccc1Pc1cccc(-c2ccccc2)c1O.[Cl][Ti][Cl]. The number of halogens is 2. The van der Waals surface area contributed by atoms with Crippen LogP contribution in [0.5, 0.6) is 5.75 Å². The number of para-hydroxylation sites is 1. The fraction of sp³-hybridized carbons (Fsp3) is 0.0500. The van der Waals surface area contributed by atoms with Crippen LogP contribution in [0.15, 0.2) is 77.8 Å². The normalized spacial score (nSPS) is 10.7. The van der Waals surface area contributed by atoms with Crippen molar-refractivity contribution in [1.29, 1.82) is 0 Å². The van der Waals surface area contributed by atoms with Gasteiger partial charge in [0.2, 0.25) is 0 Å². The Kier molecular flexibility index (Phi) is 9.39. The fourth-order valence-corrected chi connectivity index (χ4v) is 3.70. The van der Waals surface area contributed by atoms with Gasteiger partial charge in [-0.05, 0) is 16.4 Å². The van der Waals surface area contributed by atoms with Crippen molar-refractivity contribution in [3.05, 3.63) is 78.4 Å². The molecule has 2 nitrogen and oxygen atoms in total. The van der Waals surface area contributed by atoms with Gasteiger partial charge in [0.25, 0.3) is 0 Å². The van der Waals surface area contributed by atoms with Crippen molar-refractivity contribution in [1.82, 2.24) is 0 Å². The van der Waals surface area contributed by atoms with Crippen molar-refractivity contribution in [2.24, 2.45) is 4.99 Å². The van der Waals surface area contributed by atoms with E-state index < -0.39 is 17.0 Å². The molecule has 26 heavy (non-hydrogen) atoms. The summed E-state index contributed by atoms with van der Waals surface area (Å²) >= 11 is -0.556. The van der Waals surface area contributed by atoms with Gasteiger partial charge in [-0.1, -0.05) is 81.4 Å². The molecule has 1 atom stereocenters. The molecule has 0 aliphatic carbocycles. The zero-order chi connectivity index (χ0) is 18.8. The van der Waals surface area contributed by atoms with Gasteiger partial charge in [0.05, 0.1) is 0 Å². The van der Waals surface area contributed by atoms with E-state index in [0.29, 0.717) is 14.3 Å². The second kappa shape index (κ2) is 11.5. The van der Waals surface area contributed by atoms with Crippen LogP contribution in [0.2, 0.25) is 0 Å². The molecule has 1 N–H and O–H groups in total. The zero-order valence-electron chi connectivity index (χ0n) is 14.2. The Labute approximate surface area is 172 Å². The topological polar surface area (TPSA) is 32.6 Å². The molecule has 0 spiro atoms. The number of benzene rings is 3. The van der Waals surface area contributed by atoms with Crippen LogP contribution < -0.4 is 10.6 Å². The molecule has 0 aromatic heterocycles. The molecule has 0 radical (unpaired) electrons. The second-order valence-electron chi connectivity index (χ2n) is 5.24. The molecule has 0 heterocycles. The minimum absolute atomic E-state index is 0.361. The Morgan fingerprint density at radius 2 is 1.50 bits per heavy atom. The Bertz CT molecular complexity index is 859. The molecule has 6 heteroatoms. The fourth-order valence-electron chi connectivity index (χ4n) is 2.50.